The monoisotopic (exact) mass is 305 g/mol. The van der Waals surface area contributed by atoms with Gasteiger partial charge < -0.3 is 9.47 Å². The van der Waals surface area contributed by atoms with E-state index in [1.54, 1.807) is 12.5 Å². The number of carbonyl (C=O) groups excluding carboxylic acids is 1. The second kappa shape index (κ2) is 7.90. The fourth-order valence-corrected chi connectivity index (χ4v) is 2.58. The Labute approximate surface area is 128 Å². The molecule has 1 aromatic carbocycles. The molecule has 0 saturated heterocycles. The topological polar surface area (TPSA) is 48.4 Å². The molecule has 0 saturated carbocycles. The molecule has 0 atom stereocenters. The van der Waals surface area contributed by atoms with Crippen molar-refractivity contribution in [2.75, 3.05) is 20.3 Å². The Morgan fingerprint density at radius 2 is 1.90 bits per heavy atom. The van der Waals surface area contributed by atoms with Gasteiger partial charge in [0.15, 0.2) is 5.69 Å². The van der Waals surface area contributed by atoms with Crippen molar-refractivity contribution in [1.82, 2.24) is 4.98 Å². The summed E-state index contributed by atoms with van der Waals surface area (Å²) in [5.74, 6) is -0.359. The van der Waals surface area contributed by atoms with E-state index in [0.29, 0.717) is 18.9 Å². The van der Waals surface area contributed by atoms with Gasteiger partial charge in [-0.05, 0) is 19.8 Å². The first-order chi connectivity index (χ1) is 10.2. The van der Waals surface area contributed by atoms with Crippen molar-refractivity contribution in [3.05, 3.63) is 40.9 Å². The Balaban J connectivity index is 1.90. The molecule has 0 N–H and O–H groups in total. The van der Waals surface area contributed by atoms with Gasteiger partial charge >= 0.3 is 5.97 Å². The SMILES string of the molecule is COCCCCOC(=O)c1csc(-c2ccc(C)cc2)n1. The second-order valence-electron chi connectivity index (χ2n) is 4.74. The van der Waals surface area contributed by atoms with E-state index in [-0.39, 0.29) is 5.97 Å². The van der Waals surface area contributed by atoms with Gasteiger partial charge in [-0.3, -0.25) is 0 Å². The van der Waals surface area contributed by atoms with Crippen LogP contribution in [0.4, 0.5) is 0 Å². The molecular weight excluding hydrogens is 286 g/mol. The number of carbonyl (C=O) groups is 1. The molecule has 2 aromatic rings. The molecule has 0 aliphatic carbocycles. The Kier molecular flexibility index (Phi) is 5.90. The van der Waals surface area contributed by atoms with Crippen LogP contribution < -0.4 is 0 Å². The summed E-state index contributed by atoms with van der Waals surface area (Å²) in [6.07, 6.45) is 1.68. The average Bonchev–Trinajstić information content (AvgIpc) is 2.97. The Morgan fingerprint density at radius 3 is 2.62 bits per heavy atom. The third-order valence-corrected chi connectivity index (χ3v) is 3.88. The number of hydrogen-bond donors (Lipinski definition) is 0. The van der Waals surface area contributed by atoms with E-state index in [2.05, 4.69) is 4.98 Å². The predicted molar refractivity (Wildman–Crippen MR) is 83.7 cm³/mol. The van der Waals surface area contributed by atoms with Crippen molar-refractivity contribution < 1.29 is 14.3 Å². The normalized spacial score (nSPS) is 10.6. The first kappa shape index (κ1) is 15.7. The lowest BCUT2D eigenvalue weighted by atomic mass is 10.2. The van der Waals surface area contributed by atoms with Crippen LogP contribution >= 0.6 is 11.3 Å². The van der Waals surface area contributed by atoms with Gasteiger partial charge in [-0.25, -0.2) is 9.78 Å². The molecule has 112 valence electrons. The number of thiazole rings is 1. The minimum absolute atomic E-state index is 0.359. The summed E-state index contributed by atoms with van der Waals surface area (Å²) in [7, 11) is 1.66. The Bertz CT molecular complexity index is 577. The number of aromatic nitrogens is 1. The number of unbranched alkanes of at least 4 members (excludes halogenated alkanes) is 1. The summed E-state index contributed by atoms with van der Waals surface area (Å²) < 4.78 is 10.1. The highest BCUT2D eigenvalue weighted by molar-refractivity contribution is 7.13. The summed E-state index contributed by atoms with van der Waals surface area (Å²) in [4.78, 5) is 16.2. The lowest BCUT2D eigenvalue weighted by Gasteiger charge is -2.02. The Hall–Kier alpha value is -1.72. The van der Waals surface area contributed by atoms with Gasteiger partial charge in [0.25, 0.3) is 0 Å². The molecule has 2 rings (SSSR count). The minimum Gasteiger partial charge on any atom is -0.461 e. The zero-order valence-corrected chi connectivity index (χ0v) is 13.1. The first-order valence-corrected chi connectivity index (χ1v) is 7.77. The number of ether oxygens (including phenoxy) is 2. The summed E-state index contributed by atoms with van der Waals surface area (Å²) in [5, 5.41) is 2.58. The molecule has 21 heavy (non-hydrogen) atoms. The van der Waals surface area contributed by atoms with Gasteiger partial charge in [0.2, 0.25) is 0 Å². The van der Waals surface area contributed by atoms with Crippen LogP contribution in [0, 0.1) is 6.92 Å². The van der Waals surface area contributed by atoms with E-state index in [1.165, 1.54) is 16.9 Å². The fraction of sp³-hybridized carbons (Fsp3) is 0.375. The molecule has 0 spiro atoms. The lowest BCUT2D eigenvalue weighted by Crippen LogP contribution is -2.07. The molecule has 0 fully saturated rings. The van der Waals surface area contributed by atoms with E-state index in [4.69, 9.17) is 9.47 Å². The lowest BCUT2D eigenvalue weighted by molar-refractivity contribution is 0.0483. The van der Waals surface area contributed by atoms with Crippen molar-refractivity contribution in [3.63, 3.8) is 0 Å². The van der Waals surface area contributed by atoms with Crippen LogP contribution in [0.1, 0.15) is 28.9 Å². The second-order valence-corrected chi connectivity index (χ2v) is 5.60. The maximum atomic E-state index is 11.9. The van der Waals surface area contributed by atoms with Crippen molar-refractivity contribution in [2.24, 2.45) is 0 Å². The summed E-state index contributed by atoms with van der Waals surface area (Å²) in [6, 6.07) is 8.08. The van der Waals surface area contributed by atoms with E-state index in [1.807, 2.05) is 31.2 Å². The molecule has 0 aliphatic heterocycles. The highest BCUT2D eigenvalue weighted by Gasteiger charge is 2.12. The quantitative estimate of drug-likeness (QED) is 0.578. The zero-order valence-electron chi connectivity index (χ0n) is 12.3. The molecule has 0 unspecified atom stereocenters. The van der Waals surface area contributed by atoms with Crippen LogP contribution in [-0.2, 0) is 9.47 Å². The number of nitrogens with zero attached hydrogens (tertiary/aromatic N) is 1. The smallest absolute Gasteiger partial charge is 0.357 e. The van der Waals surface area contributed by atoms with E-state index < -0.39 is 0 Å². The number of aryl methyl sites for hydroxylation is 1. The summed E-state index contributed by atoms with van der Waals surface area (Å²) in [5.41, 5.74) is 2.60. The standard InChI is InChI=1S/C16H19NO3S/c1-12-5-7-13(8-6-12)15-17-14(11-21-15)16(18)20-10-4-3-9-19-2/h5-8,11H,3-4,9-10H2,1-2H3. The van der Waals surface area contributed by atoms with Crippen LogP contribution in [-0.4, -0.2) is 31.3 Å². The van der Waals surface area contributed by atoms with E-state index in [0.717, 1.165) is 23.4 Å². The number of methoxy groups -OCH3 is 1. The van der Waals surface area contributed by atoms with Crippen LogP contribution in [0.2, 0.25) is 0 Å². The number of esters is 1. The van der Waals surface area contributed by atoms with Crippen molar-refractivity contribution in [1.29, 1.82) is 0 Å². The molecule has 0 bridgehead atoms. The van der Waals surface area contributed by atoms with Crippen LogP contribution in [0.25, 0.3) is 10.6 Å². The van der Waals surface area contributed by atoms with Crippen molar-refractivity contribution in [3.8, 4) is 10.6 Å². The molecule has 1 aromatic heterocycles. The number of benzene rings is 1. The number of rotatable bonds is 7. The van der Waals surface area contributed by atoms with Gasteiger partial charge in [-0.15, -0.1) is 11.3 Å². The molecule has 5 heteroatoms. The summed E-state index contributed by atoms with van der Waals surface area (Å²) >= 11 is 1.45. The predicted octanol–water partition coefficient (Wildman–Crippen LogP) is 3.70. The number of hydrogen-bond acceptors (Lipinski definition) is 5. The third-order valence-electron chi connectivity index (χ3n) is 2.99. The molecule has 0 aliphatic rings. The maximum absolute atomic E-state index is 11.9. The zero-order chi connectivity index (χ0) is 15.1. The Morgan fingerprint density at radius 1 is 1.19 bits per heavy atom. The summed E-state index contributed by atoms with van der Waals surface area (Å²) in [6.45, 7) is 3.13. The first-order valence-electron chi connectivity index (χ1n) is 6.89. The van der Waals surface area contributed by atoms with E-state index in [9.17, 15) is 4.79 Å². The van der Waals surface area contributed by atoms with Crippen molar-refractivity contribution >= 4 is 17.3 Å². The molecule has 1 heterocycles. The van der Waals surface area contributed by atoms with Crippen molar-refractivity contribution in [2.45, 2.75) is 19.8 Å². The van der Waals surface area contributed by atoms with Crippen LogP contribution in [0.3, 0.4) is 0 Å². The van der Waals surface area contributed by atoms with Crippen LogP contribution in [0.5, 0.6) is 0 Å². The van der Waals surface area contributed by atoms with Gasteiger partial charge in [0, 0.05) is 24.7 Å². The fourth-order valence-electron chi connectivity index (χ4n) is 1.78. The molecule has 0 amide bonds. The van der Waals surface area contributed by atoms with Gasteiger partial charge in [0.1, 0.15) is 5.01 Å². The highest BCUT2D eigenvalue weighted by atomic mass is 32.1. The highest BCUT2D eigenvalue weighted by Crippen LogP contribution is 2.24. The van der Waals surface area contributed by atoms with Gasteiger partial charge in [-0.1, -0.05) is 29.8 Å². The third kappa shape index (κ3) is 4.65. The molecular formula is C16H19NO3S. The van der Waals surface area contributed by atoms with Gasteiger partial charge in [0.05, 0.1) is 6.61 Å². The van der Waals surface area contributed by atoms with Crippen LogP contribution in [0.15, 0.2) is 29.6 Å². The largest absolute Gasteiger partial charge is 0.461 e. The molecule has 4 nitrogen and oxygen atoms in total. The molecule has 0 radical (unpaired) electrons. The van der Waals surface area contributed by atoms with Gasteiger partial charge in [-0.2, -0.15) is 0 Å². The van der Waals surface area contributed by atoms with E-state index >= 15 is 0 Å². The minimum atomic E-state index is -0.359. The maximum Gasteiger partial charge on any atom is 0.357 e. The average molecular weight is 305 g/mol.